The molecule has 4 atom stereocenters. The van der Waals surface area contributed by atoms with Crippen LogP contribution in [0.4, 0.5) is 0 Å². The van der Waals surface area contributed by atoms with Crippen molar-refractivity contribution in [1.82, 2.24) is 0 Å². The van der Waals surface area contributed by atoms with Crippen molar-refractivity contribution >= 4 is 18.6 Å². The number of allylic oxidation sites excluding steroid dienone is 4. The molecule has 3 aliphatic carbocycles. The van der Waals surface area contributed by atoms with Crippen molar-refractivity contribution in [2.75, 3.05) is 6.54 Å². The van der Waals surface area contributed by atoms with Crippen molar-refractivity contribution in [1.29, 1.82) is 0 Å². The molecule has 0 aromatic carbocycles. The predicted molar refractivity (Wildman–Crippen MR) is 95.7 cm³/mol. The fraction of sp³-hybridized carbons (Fsp3) is 0.722. The monoisotopic (exact) mass is 377 g/mol. The van der Waals surface area contributed by atoms with Gasteiger partial charge in [0.05, 0.1) is 0 Å². The van der Waals surface area contributed by atoms with Gasteiger partial charge in [0.15, 0.2) is 0 Å². The summed E-state index contributed by atoms with van der Waals surface area (Å²) < 4.78 is 0. The molecule has 4 heteroatoms. The van der Waals surface area contributed by atoms with Gasteiger partial charge in [-0.2, -0.15) is 0 Å². The number of rotatable bonds is 3. The van der Waals surface area contributed by atoms with Gasteiger partial charge in [-0.15, -0.1) is 12.1 Å². The van der Waals surface area contributed by atoms with Crippen LogP contribution in [0, 0.1) is 37.0 Å². The molecule has 22 heavy (non-hydrogen) atoms. The van der Waals surface area contributed by atoms with Gasteiger partial charge in [-0.05, 0) is 42.9 Å². The molecule has 3 aliphatic rings. The zero-order chi connectivity index (χ0) is 15.5. The van der Waals surface area contributed by atoms with Crippen LogP contribution in [0.3, 0.4) is 0 Å². The van der Waals surface area contributed by atoms with E-state index in [9.17, 15) is 0 Å². The Hall–Kier alpha value is 0.734. The summed E-state index contributed by atoms with van der Waals surface area (Å²) in [6, 6.07) is 0. The van der Waals surface area contributed by atoms with Crippen molar-refractivity contribution in [3.05, 3.63) is 37.0 Å². The van der Waals surface area contributed by atoms with Gasteiger partial charge in [0.2, 0.25) is 0 Å². The number of hydrogen-bond acceptors (Lipinski definition) is 0. The first-order valence-corrected chi connectivity index (χ1v) is 12.3. The number of halogens is 2. The molecule has 0 radical (unpaired) electrons. The Morgan fingerprint density at radius 2 is 1.73 bits per heavy atom. The fourth-order valence-corrected chi connectivity index (χ4v) is 3.84. The Bertz CT molecular complexity index is 385. The van der Waals surface area contributed by atoms with Gasteiger partial charge >= 0.3 is 35.6 Å². The van der Waals surface area contributed by atoms with Gasteiger partial charge in [0, 0.05) is 0 Å². The average molecular weight is 378 g/mol. The van der Waals surface area contributed by atoms with Gasteiger partial charge < -0.3 is 12.7 Å². The molecule has 2 fully saturated rings. The van der Waals surface area contributed by atoms with Crippen molar-refractivity contribution in [2.24, 2.45) is 29.6 Å². The first kappa shape index (κ1) is 20.8. The van der Waals surface area contributed by atoms with E-state index in [0.29, 0.717) is 0 Å². The van der Waals surface area contributed by atoms with Crippen LogP contribution in [0.15, 0.2) is 24.3 Å². The summed E-state index contributed by atoms with van der Waals surface area (Å²) in [6.07, 6.45) is 13.8. The predicted octanol–water partition coefficient (Wildman–Crippen LogP) is 6.39. The maximum absolute atomic E-state index is 4.93. The van der Waals surface area contributed by atoms with Gasteiger partial charge in [-0.1, -0.05) is 51.0 Å². The third-order valence-electron chi connectivity index (χ3n) is 4.89. The van der Waals surface area contributed by atoms with E-state index in [1.807, 2.05) is 0 Å². The molecule has 1 nitrogen and oxygen atoms in total. The van der Waals surface area contributed by atoms with Crippen LogP contribution in [0.1, 0.15) is 40.0 Å². The number of nitrogens with zero attached hydrogens (tertiary/aromatic N) is 1. The van der Waals surface area contributed by atoms with E-state index >= 15 is 0 Å². The number of fused-ring (bicyclic) bond motifs is 1. The van der Waals surface area contributed by atoms with E-state index in [2.05, 4.69) is 45.1 Å². The van der Waals surface area contributed by atoms with Crippen LogP contribution in [0.25, 0.3) is 5.32 Å². The minimum absolute atomic E-state index is 0. The van der Waals surface area contributed by atoms with Crippen LogP contribution < -0.4 is 0 Å². The zero-order valence-electron chi connectivity index (χ0n) is 14.2. The summed E-state index contributed by atoms with van der Waals surface area (Å²) in [7, 11) is 9.78. The summed E-state index contributed by atoms with van der Waals surface area (Å²) in [5, 5.41) is 4.93. The third kappa shape index (κ3) is 5.98. The second-order valence-corrected chi connectivity index (χ2v) is 10.1. The summed E-state index contributed by atoms with van der Waals surface area (Å²) in [5.74, 6) is 4.35. The second kappa shape index (κ2) is 9.28. The van der Waals surface area contributed by atoms with Crippen molar-refractivity contribution < 1.29 is 17.0 Å². The summed E-state index contributed by atoms with van der Waals surface area (Å²) in [6.45, 7) is 7.75. The Morgan fingerprint density at radius 1 is 1.14 bits per heavy atom. The third-order valence-corrected chi connectivity index (χ3v) is 4.89. The maximum atomic E-state index is 4.93. The zero-order valence-corrected chi connectivity index (χ0v) is 17.3. The van der Waals surface area contributed by atoms with Crippen LogP contribution >= 0.6 is 18.6 Å². The van der Waals surface area contributed by atoms with E-state index in [4.69, 9.17) is 23.9 Å². The molecular formula is C18H29Cl2NTi-2. The summed E-state index contributed by atoms with van der Waals surface area (Å²) in [5.41, 5.74) is 0.125. The van der Waals surface area contributed by atoms with Crippen molar-refractivity contribution in [2.45, 2.75) is 45.6 Å². The fourth-order valence-electron chi connectivity index (χ4n) is 3.84. The molecule has 4 unspecified atom stereocenters. The van der Waals surface area contributed by atoms with Gasteiger partial charge in [0.1, 0.15) is 0 Å². The number of hydrogen-bond donors (Lipinski definition) is 0. The quantitative estimate of drug-likeness (QED) is 0.399. The Balaban J connectivity index is 0.000000562. The topological polar surface area (TPSA) is 14.1 Å². The molecule has 3 rings (SSSR count). The van der Waals surface area contributed by atoms with Gasteiger partial charge in [-0.3, -0.25) is 0 Å². The first-order valence-electron chi connectivity index (χ1n) is 7.96. The molecule has 0 spiro atoms. The van der Waals surface area contributed by atoms with Crippen LogP contribution in [0.5, 0.6) is 0 Å². The molecule has 0 saturated heterocycles. The normalized spacial score (nSPS) is 32.6. The molecule has 0 heterocycles. The Labute approximate surface area is 154 Å². The van der Waals surface area contributed by atoms with Crippen LogP contribution in [0.2, 0.25) is 0 Å². The molecular weight excluding hydrogens is 349 g/mol. The molecule has 0 aromatic rings. The Kier molecular flexibility index (Phi) is 8.76. The molecule has 2 saturated carbocycles. The first-order chi connectivity index (χ1) is 9.96. The van der Waals surface area contributed by atoms with E-state index in [-0.39, 0.29) is 13.0 Å². The minimum atomic E-state index is -0.556. The van der Waals surface area contributed by atoms with Crippen LogP contribution in [-0.2, 0) is 17.0 Å². The van der Waals surface area contributed by atoms with Crippen molar-refractivity contribution in [3.8, 4) is 0 Å². The average Bonchev–Trinajstić information content (AvgIpc) is 3.18. The standard InChI is InChI=1S/C17H26N.CH3.2ClH.Ti/c1-17(2,3)18-11-16-14-7-5-4-6-13(14)10-15(16)12-8-9-12;;;;/h4-7,12-16H,8-11H2,1-3H3;1H3;2*1H;/q2*-1;;;+2/p-2. The van der Waals surface area contributed by atoms with Crippen LogP contribution in [-0.4, -0.2) is 12.1 Å². The molecule has 0 N–H and O–H groups in total. The summed E-state index contributed by atoms with van der Waals surface area (Å²) in [4.78, 5) is 0. The van der Waals surface area contributed by atoms with Gasteiger partial charge in [-0.25, -0.2) is 0 Å². The molecule has 126 valence electrons. The SMILES string of the molecule is CC(C)(C)[N-]CC1C2C=CC=CC2CC1C1CC1.[CH3-].[Cl][Ti][Cl]. The molecule has 0 amide bonds. The van der Waals surface area contributed by atoms with Gasteiger partial charge in [0.25, 0.3) is 0 Å². The van der Waals surface area contributed by atoms with E-state index in [1.54, 1.807) is 0 Å². The Morgan fingerprint density at radius 3 is 2.27 bits per heavy atom. The molecule has 0 bridgehead atoms. The molecule has 0 aliphatic heterocycles. The summed E-state index contributed by atoms with van der Waals surface area (Å²) >= 11 is -0.556. The van der Waals surface area contributed by atoms with E-state index in [1.165, 1.54) is 19.3 Å². The van der Waals surface area contributed by atoms with E-state index < -0.39 is 17.0 Å². The van der Waals surface area contributed by atoms with Crippen molar-refractivity contribution in [3.63, 3.8) is 0 Å². The molecule has 0 aromatic heterocycles. The van der Waals surface area contributed by atoms with E-state index in [0.717, 1.165) is 36.1 Å². The second-order valence-electron chi connectivity index (χ2n) is 7.49.